The van der Waals surface area contributed by atoms with Gasteiger partial charge in [-0.05, 0) is 89.7 Å². The molecule has 182 valence electrons. The van der Waals surface area contributed by atoms with Gasteiger partial charge in [-0.2, -0.15) is 5.10 Å². The van der Waals surface area contributed by atoms with Crippen LogP contribution < -0.4 is 25.0 Å². The van der Waals surface area contributed by atoms with E-state index in [0.717, 1.165) is 0 Å². The summed E-state index contributed by atoms with van der Waals surface area (Å²) < 4.78 is 17.3. The molecule has 0 atom stereocenters. The Morgan fingerprint density at radius 1 is 1.09 bits per heavy atom. The summed E-state index contributed by atoms with van der Waals surface area (Å²) in [6, 6.07) is 17.1. The molecule has 2 amide bonds. The van der Waals surface area contributed by atoms with Crippen molar-refractivity contribution in [3.8, 4) is 17.2 Å². The van der Waals surface area contributed by atoms with Crippen LogP contribution in [0.1, 0.15) is 22.8 Å². The van der Waals surface area contributed by atoms with Crippen LogP contribution in [0.15, 0.2) is 65.8 Å². The van der Waals surface area contributed by atoms with Gasteiger partial charge in [0.2, 0.25) is 0 Å². The third kappa shape index (κ3) is 7.86. The van der Waals surface area contributed by atoms with E-state index in [1.807, 2.05) is 6.92 Å². The first-order valence-electron chi connectivity index (χ1n) is 10.5. The zero-order valence-corrected chi connectivity index (χ0v) is 21.9. The van der Waals surface area contributed by atoms with E-state index in [1.54, 1.807) is 60.7 Å². The van der Waals surface area contributed by atoms with Gasteiger partial charge in [0.25, 0.3) is 11.8 Å². The van der Waals surface area contributed by atoms with Gasteiger partial charge >= 0.3 is 0 Å². The maximum atomic E-state index is 12.3. The standard InChI is InChI=1S/C25H23ClIN3O5/c1-3-34-22-12-16(14-28-30-25(32)17-5-4-6-20(13-17)33-2)11-21(27)24(22)35-15-23(31)29-19-9-7-18(26)8-10-19/h4-14H,3,15H2,1-2H3,(H,29,31)(H,30,32)/b28-14+. The molecule has 0 spiro atoms. The smallest absolute Gasteiger partial charge is 0.271 e. The largest absolute Gasteiger partial charge is 0.497 e. The number of ether oxygens (including phenoxy) is 3. The zero-order valence-electron chi connectivity index (χ0n) is 19.0. The van der Waals surface area contributed by atoms with Gasteiger partial charge in [-0.3, -0.25) is 9.59 Å². The number of halogens is 2. The molecule has 0 saturated heterocycles. The molecule has 0 saturated carbocycles. The van der Waals surface area contributed by atoms with E-state index in [1.165, 1.54) is 13.3 Å². The fraction of sp³-hybridized carbons (Fsp3) is 0.160. The molecule has 0 aliphatic heterocycles. The molecule has 0 aliphatic carbocycles. The van der Waals surface area contributed by atoms with E-state index in [2.05, 4.69) is 38.4 Å². The van der Waals surface area contributed by atoms with Crippen LogP contribution in [0.2, 0.25) is 5.02 Å². The first-order chi connectivity index (χ1) is 16.9. The summed E-state index contributed by atoms with van der Waals surface area (Å²) in [5, 5.41) is 7.36. The van der Waals surface area contributed by atoms with Crippen molar-refractivity contribution >= 4 is 57.9 Å². The van der Waals surface area contributed by atoms with Crippen LogP contribution in [0, 0.1) is 3.57 Å². The number of hydrazone groups is 1. The SMILES string of the molecule is CCOc1cc(/C=N/NC(=O)c2cccc(OC)c2)cc(I)c1OCC(=O)Nc1ccc(Cl)cc1. The summed E-state index contributed by atoms with van der Waals surface area (Å²) in [5.74, 6) is 0.786. The summed E-state index contributed by atoms with van der Waals surface area (Å²) >= 11 is 7.96. The molecule has 0 unspecified atom stereocenters. The summed E-state index contributed by atoms with van der Waals surface area (Å²) in [7, 11) is 1.53. The maximum absolute atomic E-state index is 12.3. The molecule has 0 aromatic heterocycles. The Balaban J connectivity index is 1.65. The number of hydrogen-bond acceptors (Lipinski definition) is 6. The number of amides is 2. The van der Waals surface area contributed by atoms with Crippen LogP contribution in [-0.4, -0.2) is 38.4 Å². The number of rotatable bonds is 10. The van der Waals surface area contributed by atoms with Crippen LogP contribution in [-0.2, 0) is 4.79 Å². The number of carbonyl (C=O) groups is 2. The molecule has 3 aromatic carbocycles. The molecule has 0 aliphatic rings. The Bertz CT molecular complexity index is 1220. The van der Waals surface area contributed by atoms with Gasteiger partial charge in [0.05, 0.1) is 23.5 Å². The van der Waals surface area contributed by atoms with Crippen LogP contribution >= 0.6 is 34.2 Å². The van der Waals surface area contributed by atoms with Gasteiger partial charge in [0.15, 0.2) is 18.1 Å². The third-order valence-electron chi connectivity index (χ3n) is 4.52. The lowest BCUT2D eigenvalue weighted by molar-refractivity contribution is -0.118. The topological polar surface area (TPSA) is 98.2 Å². The number of methoxy groups -OCH3 is 1. The molecule has 3 rings (SSSR count). The fourth-order valence-corrected chi connectivity index (χ4v) is 3.83. The van der Waals surface area contributed by atoms with Crippen molar-refractivity contribution < 1.29 is 23.8 Å². The summed E-state index contributed by atoms with van der Waals surface area (Å²) in [6.07, 6.45) is 1.50. The van der Waals surface area contributed by atoms with Gasteiger partial charge in [0.1, 0.15) is 5.75 Å². The van der Waals surface area contributed by atoms with Crippen LogP contribution in [0.4, 0.5) is 5.69 Å². The normalized spacial score (nSPS) is 10.6. The molecule has 8 nitrogen and oxygen atoms in total. The van der Waals surface area contributed by atoms with E-state index in [-0.39, 0.29) is 18.4 Å². The van der Waals surface area contributed by atoms with Gasteiger partial charge in [-0.1, -0.05) is 17.7 Å². The lowest BCUT2D eigenvalue weighted by Crippen LogP contribution is -2.20. The van der Waals surface area contributed by atoms with Crippen molar-refractivity contribution in [1.29, 1.82) is 0 Å². The Hall–Kier alpha value is -3.31. The highest BCUT2D eigenvalue weighted by Gasteiger charge is 2.14. The second-order valence-corrected chi connectivity index (χ2v) is 8.64. The number of anilines is 1. The number of nitrogens with zero attached hydrogens (tertiary/aromatic N) is 1. The minimum atomic E-state index is -0.369. The monoisotopic (exact) mass is 607 g/mol. The number of benzene rings is 3. The van der Waals surface area contributed by atoms with Crippen molar-refractivity contribution in [2.75, 3.05) is 25.6 Å². The maximum Gasteiger partial charge on any atom is 0.271 e. The van der Waals surface area contributed by atoms with E-state index in [0.29, 0.717) is 49.3 Å². The average Bonchev–Trinajstić information content (AvgIpc) is 2.85. The van der Waals surface area contributed by atoms with Gasteiger partial charge < -0.3 is 19.5 Å². The molecular weight excluding hydrogens is 585 g/mol. The minimum Gasteiger partial charge on any atom is -0.497 e. The van der Waals surface area contributed by atoms with Crippen molar-refractivity contribution in [2.24, 2.45) is 5.10 Å². The number of carbonyl (C=O) groups excluding carboxylic acids is 2. The lowest BCUT2D eigenvalue weighted by Gasteiger charge is -2.14. The second kappa shape index (κ2) is 13.0. The van der Waals surface area contributed by atoms with Crippen LogP contribution in [0.25, 0.3) is 0 Å². The highest BCUT2D eigenvalue weighted by molar-refractivity contribution is 14.1. The summed E-state index contributed by atoms with van der Waals surface area (Å²) in [5.41, 5.74) is 4.21. The highest BCUT2D eigenvalue weighted by atomic mass is 127. The third-order valence-corrected chi connectivity index (χ3v) is 5.57. The molecule has 2 N–H and O–H groups in total. The highest BCUT2D eigenvalue weighted by Crippen LogP contribution is 2.34. The lowest BCUT2D eigenvalue weighted by atomic mass is 10.2. The number of hydrogen-bond donors (Lipinski definition) is 2. The quantitative estimate of drug-likeness (QED) is 0.189. The minimum absolute atomic E-state index is 0.206. The molecule has 0 fully saturated rings. The molecule has 0 heterocycles. The van der Waals surface area contributed by atoms with E-state index in [4.69, 9.17) is 25.8 Å². The van der Waals surface area contributed by atoms with Crippen molar-refractivity contribution in [3.05, 3.63) is 80.4 Å². The fourth-order valence-electron chi connectivity index (χ4n) is 2.93. The summed E-state index contributed by atoms with van der Waals surface area (Å²) in [4.78, 5) is 24.6. The molecule has 0 bridgehead atoms. The Labute approximate surface area is 221 Å². The van der Waals surface area contributed by atoms with Gasteiger partial charge in [-0.15, -0.1) is 0 Å². The number of nitrogens with one attached hydrogen (secondary N) is 2. The van der Waals surface area contributed by atoms with Crippen LogP contribution in [0.3, 0.4) is 0 Å². The Morgan fingerprint density at radius 3 is 2.57 bits per heavy atom. The summed E-state index contributed by atoms with van der Waals surface area (Å²) in [6.45, 7) is 2.04. The van der Waals surface area contributed by atoms with Gasteiger partial charge in [-0.25, -0.2) is 5.43 Å². The van der Waals surface area contributed by atoms with Gasteiger partial charge in [0, 0.05) is 16.3 Å². The predicted octanol–water partition coefficient (Wildman–Crippen LogP) is 5.13. The van der Waals surface area contributed by atoms with E-state index >= 15 is 0 Å². The predicted molar refractivity (Wildman–Crippen MR) is 144 cm³/mol. The van der Waals surface area contributed by atoms with E-state index < -0.39 is 0 Å². The second-order valence-electron chi connectivity index (χ2n) is 7.04. The van der Waals surface area contributed by atoms with Crippen molar-refractivity contribution in [1.82, 2.24) is 5.43 Å². The average molecular weight is 608 g/mol. The Morgan fingerprint density at radius 2 is 1.86 bits per heavy atom. The molecule has 35 heavy (non-hydrogen) atoms. The molecule has 0 radical (unpaired) electrons. The van der Waals surface area contributed by atoms with Crippen LogP contribution in [0.5, 0.6) is 17.2 Å². The first kappa shape index (κ1) is 26.3. The first-order valence-corrected chi connectivity index (χ1v) is 12.0. The molecule has 10 heteroatoms. The van der Waals surface area contributed by atoms with Crippen molar-refractivity contribution in [2.45, 2.75) is 6.92 Å². The zero-order chi connectivity index (χ0) is 25.2. The van der Waals surface area contributed by atoms with E-state index in [9.17, 15) is 9.59 Å². The molecular formula is C25H23ClIN3O5. The Kier molecular flexibility index (Phi) is 9.74. The molecule has 3 aromatic rings. The van der Waals surface area contributed by atoms with Crippen molar-refractivity contribution in [3.63, 3.8) is 0 Å².